The van der Waals surface area contributed by atoms with Crippen LogP contribution in [0.1, 0.15) is 44.1 Å². The molecule has 4 rings (SSSR count). The standard InChI is InChI=1S/C28H38FN3O3/c1-35-26-8-4-7-25(18-26)32(27(30)33)20-28(34,23-5-2-3-6-23)19-31-15-13-22(14-16-31)17-21-9-11-24(29)12-10-21/h4,7-12,18,22-23,34H,2-3,5-6,13-17,19-20H2,1H3,(H2,30,33). The van der Waals surface area contributed by atoms with Gasteiger partial charge in [0, 0.05) is 18.3 Å². The fraction of sp³-hybridized carbons (Fsp3) is 0.536. The third kappa shape index (κ3) is 6.53. The Morgan fingerprint density at radius 3 is 2.46 bits per heavy atom. The monoisotopic (exact) mass is 483 g/mol. The maximum absolute atomic E-state index is 13.2. The number of benzene rings is 2. The van der Waals surface area contributed by atoms with Crippen LogP contribution in [0.15, 0.2) is 48.5 Å². The number of ether oxygens (including phenoxy) is 1. The van der Waals surface area contributed by atoms with E-state index in [4.69, 9.17) is 10.5 Å². The summed E-state index contributed by atoms with van der Waals surface area (Å²) in [6.07, 6.45) is 7.14. The van der Waals surface area contributed by atoms with E-state index in [1.807, 2.05) is 30.3 Å². The fourth-order valence-corrected chi connectivity index (χ4v) is 5.81. The van der Waals surface area contributed by atoms with Crippen molar-refractivity contribution in [3.63, 3.8) is 0 Å². The number of hydrogen-bond acceptors (Lipinski definition) is 4. The number of β-amino-alcohol motifs (C(OH)–C–C–N with tert-alkyl or cyclic N) is 1. The lowest BCUT2D eigenvalue weighted by molar-refractivity contribution is -0.0426. The molecule has 1 heterocycles. The Hall–Kier alpha value is -2.64. The number of rotatable bonds is 9. The zero-order valence-electron chi connectivity index (χ0n) is 20.7. The van der Waals surface area contributed by atoms with Crippen molar-refractivity contribution in [2.75, 3.05) is 38.2 Å². The third-order valence-corrected chi connectivity index (χ3v) is 7.82. The Morgan fingerprint density at radius 1 is 1.14 bits per heavy atom. The van der Waals surface area contributed by atoms with E-state index in [0.717, 1.165) is 58.0 Å². The highest BCUT2D eigenvalue weighted by Crippen LogP contribution is 2.37. The molecular weight excluding hydrogens is 445 g/mol. The second kappa shape index (κ2) is 11.4. The molecule has 190 valence electrons. The Morgan fingerprint density at radius 2 is 1.83 bits per heavy atom. The number of piperidine rings is 1. The van der Waals surface area contributed by atoms with Crippen LogP contribution in [-0.4, -0.2) is 54.9 Å². The van der Waals surface area contributed by atoms with Crippen LogP contribution < -0.4 is 15.4 Å². The van der Waals surface area contributed by atoms with Gasteiger partial charge in [0.15, 0.2) is 0 Å². The number of nitrogens with two attached hydrogens (primary N) is 1. The molecule has 0 radical (unpaired) electrons. The quantitative estimate of drug-likeness (QED) is 0.547. The van der Waals surface area contributed by atoms with Crippen molar-refractivity contribution in [3.05, 3.63) is 59.9 Å². The van der Waals surface area contributed by atoms with Gasteiger partial charge in [0.05, 0.1) is 19.3 Å². The second-order valence-electron chi connectivity index (χ2n) is 10.3. The summed E-state index contributed by atoms with van der Waals surface area (Å²) in [7, 11) is 1.59. The first kappa shape index (κ1) is 25.5. The van der Waals surface area contributed by atoms with Gasteiger partial charge < -0.3 is 20.5 Å². The molecule has 1 saturated carbocycles. The molecule has 0 bridgehead atoms. The van der Waals surface area contributed by atoms with Crippen LogP contribution in [0.3, 0.4) is 0 Å². The average molecular weight is 484 g/mol. The smallest absolute Gasteiger partial charge is 0.319 e. The summed E-state index contributed by atoms with van der Waals surface area (Å²) in [6, 6.07) is 13.5. The molecule has 1 saturated heterocycles. The molecule has 2 aromatic carbocycles. The number of primary amides is 1. The Balaban J connectivity index is 1.43. The summed E-state index contributed by atoms with van der Waals surface area (Å²) in [5.41, 5.74) is 6.55. The van der Waals surface area contributed by atoms with Gasteiger partial charge in [0.25, 0.3) is 0 Å². The van der Waals surface area contributed by atoms with Crippen LogP contribution in [0.4, 0.5) is 14.9 Å². The van der Waals surface area contributed by atoms with Crippen molar-refractivity contribution in [2.24, 2.45) is 17.6 Å². The number of urea groups is 1. The minimum atomic E-state index is -1.04. The van der Waals surface area contributed by atoms with Gasteiger partial charge in [0.1, 0.15) is 11.6 Å². The van der Waals surface area contributed by atoms with Crippen molar-refractivity contribution < 1.29 is 19.0 Å². The molecule has 0 aromatic heterocycles. The van der Waals surface area contributed by atoms with Gasteiger partial charge in [-0.2, -0.15) is 0 Å². The normalized spacial score (nSPS) is 19.4. The minimum absolute atomic E-state index is 0.131. The summed E-state index contributed by atoms with van der Waals surface area (Å²) in [5.74, 6) is 1.12. The topological polar surface area (TPSA) is 79.0 Å². The molecule has 0 spiro atoms. The van der Waals surface area contributed by atoms with Gasteiger partial charge in [-0.15, -0.1) is 0 Å². The van der Waals surface area contributed by atoms with Crippen LogP contribution in [-0.2, 0) is 6.42 Å². The number of carbonyl (C=O) groups is 1. The Labute approximate surface area is 207 Å². The predicted molar refractivity (Wildman–Crippen MR) is 136 cm³/mol. The largest absolute Gasteiger partial charge is 0.497 e. The average Bonchev–Trinajstić information content (AvgIpc) is 3.41. The third-order valence-electron chi connectivity index (χ3n) is 7.82. The highest BCUT2D eigenvalue weighted by Gasteiger charge is 2.42. The van der Waals surface area contributed by atoms with Gasteiger partial charge in [-0.1, -0.05) is 31.0 Å². The number of likely N-dealkylation sites (tertiary alicyclic amines) is 1. The van der Waals surface area contributed by atoms with E-state index in [1.165, 1.54) is 22.6 Å². The lowest BCUT2D eigenvalue weighted by atomic mass is 9.83. The molecule has 1 atom stereocenters. The zero-order chi connectivity index (χ0) is 24.8. The van der Waals surface area contributed by atoms with Gasteiger partial charge in [-0.25, -0.2) is 9.18 Å². The van der Waals surface area contributed by atoms with Gasteiger partial charge in [-0.05, 0) is 86.9 Å². The molecule has 35 heavy (non-hydrogen) atoms. The summed E-state index contributed by atoms with van der Waals surface area (Å²) < 4.78 is 18.5. The van der Waals surface area contributed by atoms with Crippen LogP contribution >= 0.6 is 0 Å². The number of amides is 2. The van der Waals surface area contributed by atoms with Crippen LogP contribution in [0, 0.1) is 17.7 Å². The van der Waals surface area contributed by atoms with E-state index in [9.17, 15) is 14.3 Å². The number of hydrogen-bond donors (Lipinski definition) is 2. The molecule has 6 nitrogen and oxygen atoms in total. The first-order valence-electron chi connectivity index (χ1n) is 12.8. The fourth-order valence-electron chi connectivity index (χ4n) is 5.81. The molecule has 1 unspecified atom stereocenters. The Bertz CT molecular complexity index is 972. The number of anilines is 1. The first-order valence-corrected chi connectivity index (χ1v) is 12.8. The lowest BCUT2D eigenvalue weighted by Crippen LogP contribution is -2.57. The SMILES string of the molecule is COc1cccc(N(CC(O)(CN2CCC(Cc3ccc(F)cc3)CC2)C2CCCC2)C(N)=O)c1. The molecule has 2 amide bonds. The zero-order valence-corrected chi connectivity index (χ0v) is 20.7. The van der Waals surface area contributed by atoms with Crippen molar-refractivity contribution >= 4 is 11.7 Å². The number of methoxy groups -OCH3 is 1. The molecule has 1 aliphatic heterocycles. The highest BCUT2D eigenvalue weighted by atomic mass is 19.1. The molecule has 7 heteroatoms. The first-order chi connectivity index (χ1) is 16.9. The number of aliphatic hydroxyl groups is 1. The predicted octanol–water partition coefficient (Wildman–Crippen LogP) is 4.60. The molecular formula is C28H38FN3O3. The molecule has 2 aromatic rings. The van der Waals surface area contributed by atoms with Crippen LogP contribution in [0.5, 0.6) is 5.75 Å². The molecule has 3 N–H and O–H groups in total. The second-order valence-corrected chi connectivity index (χ2v) is 10.3. The van der Waals surface area contributed by atoms with E-state index in [2.05, 4.69) is 4.90 Å². The molecule has 2 aliphatic rings. The Kier molecular flexibility index (Phi) is 8.29. The van der Waals surface area contributed by atoms with Crippen LogP contribution in [0.25, 0.3) is 0 Å². The van der Waals surface area contributed by atoms with E-state index >= 15 is 0 Å². The van der Waals surface area contributed by atoms with Crippen molar-refractivity contribution in [1.82, 2.24) is 4.90 Å². The van der Waals surface area contributed by atoms with E-state index in [1.54, 1.807) is 13.2 Å². The summed E-state index contributed by atoms with van der Waals surface area (Å²) in [5, 5.41) is 12.0. The van der Waals surface area contributed by atoms with E-state index < -0.39 is 11.6 Å². The lowest BCUT2D eigenvalue weighted by Gasteiger charge is -2.43. The van der Waals surface area contributed by atoms with Gasteiger partial charge >= 0.3 is 6.03 Å². The van der Waals surface area contributed by atoms with Crippen molar-refractivity contribution in [2.45, 2.75) is 50.5 Å². The maximum Gasteiger partial charge on any atom is 0.319 e. The number of carbonyl (C=O) groups excluding carboxylic acids is 1. The summed E-state index contributed by atoms with van der Waals surface area (Å²) in [4.78, 5) is 16.3. The number of halogens is 1. The molecule has 1 aliphatic carbocycles. The maximum atomic E-state index is 13.2. The van der Waals surface area contributed by atoms with Gasteiger partial charge in [-0.3, -0.25) is 4.90 Å². The van der Waals surface area contributed by atoms with Crippen LogP contribution in [0.2, 0.25) is 0 Å². The van der Waals surface area contributed by atoms with E-state index in [0.29, 0.717) is 23.9 Å². The van der Waals surface area contributed by atoms with E-state index in [-0.39, 0.29) is 18.3 Å². The number of nitrogens with zero attached hydrogens (tertiary/aromatic N) is 2. The summed E-state index contributed by atoms with van der Waals surface area (Å²) >= 11 is 0. The highest BCUT2D eigenvalue weighted by molar-refractivity contribution is 5.91. The minimum Gasteiger partial charge on any atom is -0.497 e. The van der Waals surface area contributed by atoms with Crippen molar-refractivity contribution in [1.29, 1.82) is 0 Å². The van der Waals surface area contributed by atoms with Gasteiger partial charge in [0.2, 0.25) is 0 Å². The molecule has 2 fully saturated rings. The summed E-state index contributed by atoms with van der Waals surface area (Å²) in [6.45, 7) is 2.48. The van der Waals surface area contributed by atoms with Crippen molar-refractivity contribution in [3.8, 4) is 5.75 Å².